The third kappa shape index (κ3) is 6.33. The van der Waals surface area contributed by atoms with Crippen LogP contribution in [0.3, 0.4) is 0 Å². The molecule has 1 fully saturated rings. The van der Waals surface area contributed by atoms with Crippen molar-refractivity contribution < 1.29 is 14.6 Å². The quantitative estimate of drug-likeness (QED) is 0.603. The molecule has 9 heteroatoms. The molecule has 0 spiro atoms. The number of aromatic nitrogens is 2. The van der Waals surface area contributed by atoms with E-state index in [2.05, 4.69) is 66.7 Å². The number of likely N-dealkylation sites (N-methyl/N-ethyl adjacent to an activating group) is 1. The van der Waals surface area contributed by atoms with E-state index in [-0.39, 0.29) is 17.5 Å². The van der Waals surface area contributed by atoms with Gasteiger partial charge >= 0.3 is 12.1 Å². The van der Waals surface area contributed by atoms with Gasteiger partial charge < -0.3 is 24.5 Å². The van der Waals surface area contributed by atoms with E-state index in [0.717, 1.165) is 43.1 Å². The van der Waals surface area contributed by atoms with Gasteiger partial charge in [0.1, 0.15) is 12.4 Å². The lowest BCUT2D eigenvalue weighted by atomic mass is 9.84. The number of nitrogens with zero attached hydrogens (tertiary/aromatic N) is 6. The second-order valence-electron chi connectivity index (χ2n) is 11.5. The Balaban J connectivity index is 1.66. The summed E-state index contributed by atoms with van der Waals surface area (Å²) in [4.78, 5) is 30.2. The SMILES string of the molecule is CC1c2nc(OCCN(C)C)nc(N3CCN(C(=O)O)C(C(C)(C)C)C3)c2CCN1Cc1ccccc1. The van der Waals surface area contributed by atoms with Crippen molar-refractivity contribution in [3.8, 4) is 6.01 Å². The summed E-state index contributed by atoms with van der Waals surface area (Å²) >= 11 is 0. The fraction of sp³-hybridized carbons (Fsp3) is 0.607. The third-order valence-electron chi connectivity index (χ3n) is 7.51. The standard InChI is InChI=1S/C28H42N6O3/c1-20-24-22(12-13-32(20)18-21-10-8-7-9-11-21)25(30-26(29-24)37-17-16-31(5)6)33-14-15-34(27(35)36)23(19-33)28(2,3)4/h7-11,20,23H,12-19H2,1-6H3,(H,35,36). The summed E-state index contributed by atoms with van der Waals surface area (Å²) in [6, 6.07) is 10.9. The van der Waals surface area contributed by atoms with Gasteiger partial charge in [0.15, 0.2) is 0 Å². The number of hydrogen-bond donors (Lipinski definition) is 1. The lowest BCUT2D eigenvalue weighted by Crippen LogP contribution is -2.60. The number of rotatable bonds is 7. The summed E-state index contributed by atoms with van der Waals surface area (Å²) < 4.78 is 6.06. The van der Waals surface area contributed by atoms with Crippen molar-refractivity contribution in [2.45, 2.75) is 52.7 Å². The van der Waals surface area contributed by atoms with Crippen LogP contribution >= 0.6 is 0 Å². The molecular weight excluding hydrogens is 468 g/mol. The Hall–Kier alpha value is -2.91. The van der Waals surface area contributed by atoms with E-state index in [1.54, 1.807) is 4.90 Å². The highest BCUT2D eigenvalue weighted by molar-refractivity contribution is 5.66. The molecule has 0 aliphatic carbocycles. The molecule has 1 aromatic carbocycles. The molecule has 9 nitrogen and oxygen atoms in total. The fourth-order valence-corrected chi connectivity index (χ4v) is 5.30. The van der Waals surface area contributed by atoms with Crippen LogP contribution in [0, 0.1) is 5.41 Å². The van der Waals surface area contributed by atoms with Crippen LogP contribution in [0.5, 0.6) is 6.01 Å². The first-order chi connectivity index (χ1) is 17.5. The molecule has 1 saturated heterocycles. The minimum absolute atomic E-state index is 0.112. The van der Waals surface area contributed by atoms with Crippen molar-refractivity contribution >= 4 is 11.9 Å². The van der Waals surface area contributed by atoms with Crippen LogP contribution in [0.25, 0.3) is 0 Å². The van der Waals surface area contributed by atoms with E-state index >= 15 is 0 Å². The Morgan fingerprint density at radius 1 is 1.14 bits per heavy atom. The Morgan fingerprint density at radius 3 is 2.51 bits per heavy atom. The van der Waals surface area contributed by atoms with Gasteiger partial charge in [0.25, 0.3) is 0 Å². The predicted molar refractivity (Wildman–Crippen MR) is 145 cm³/mol. The molecule has 4 rings (SSSR count). The summed E-state index contributed by atoms with van der Waals surface area (Å²) in [5, 5.41) is 9.84. The van der Waals surface area contributed by atoms with Crippen LogP contribution in [-0.2, 0) is 13.0 Å². The molecule has 1 amide bonds. The fourth-order valence-electron chi connectivity index (χ4n) is 5.30. The first-order valence-corrected chi connectivity index (χ1v) is 13.3. The summed E-state index contributed by atoms with van der Waals surface area (Å²) in [5.74, 6) is 0.898. The number of ether oxygens (including phenoxy) is 1. The summed E-state index contributed by atoms with van der Waals surface area (Å²) in [7, 11) is 4.03. The smallest absolute Gasteiger partial charge is 0.407 e. The number of anilines is 1. The van der Waals surface area contributed by atoms with Gasteiger partial charge in [-0.2, -0.15) is 9.97 Å². The third-order valence-corrected chi connectivity index (χ3v) is 7.51. The molecular formula is C28H42N6O3. The Bertz CT molecular complexity index is 1070. The van der Waals surface area contributed by atoms with Crippen LogP contribution in [0.2, 0.25) is 0 Å². The van der Waals surface area contributed by atoms with Crippen LogP contribution in [-0.4, -0.2) is 95.3 Å². The minimum atomic E-state index is -0.859. The van der Waals surface area contributed by atoms with Crippen molar-refractivity contribution in [1.82, 2.24) is 24.7 Å². The van der Waals surface area contributed by atoms with E-state index in [4.69, 9.17) is 14.7 Å². The molecule has 1 N–H and O–H groups in total. The summed E-state index contributed by atoms with van der Waals surface area (Å²) in [6.45, 7) is 13.2. The van der Waals surface area contributed by atoms with Crippen molar-refractivity contribution in [3.63, 3.8) is 0 Å². The molecule has 0 radical (unpaired) electrons. The molecule has 0 saturated carbocycles. The van der Waals surface area contributed by atoms with Gasteiger partial charge in [0.2, 0.25) is 0 Å². The van der Waals surface area contributed by atoms with E-state index in [0.29, 0.717) is 32.3 Å². The number of carbonyl (C=O) groups is 1. The minimum Gasteiger partial charge on any atom is -0.465 e. The average Bonchev–Trinajstić information content (AvgIpc) is 2.85. The maximum atomic E-state index is 12.0. The number of hydrogen-bond acceptors (Lipinski definition) is 7. The van der Waals surface area contributed by atoms with Crippen LogP contribution in [0.4, 0.5) is 10.6 Å². The van der Waals surface area contributed by atoms with Gasteiger partial charge in [-0.25, -0.2) is 4.79 Å². The van der Waals surface area contributed by atoms with E-state index in [9.17, 15) is 9.90 Å². The molecule has 2 aliphatic heterocycles. The molecule has 3 heterocycles. The number of carboxylic acid groups (broad SMARTS) is 1. The number of piperazine rings is 1. The van der Waals surface area contributed by atoms with E-state index in [1.807, 2.05) is 20.2 Å². The topological polar surface area (TPSA) is 85.3 Å². The Kier molecular flexibility index (Phi) is 8.23. The van der Waals surface area contributed by atoms with Crippen molar-refractivity contribution in [2.24, 2.45) is 5.41 Å². The van der Waals surface area contributed by atoms with Gasteiger partial charge in [-0.3, -0.25) is 4.90 Å². The zero-order chi connectivity index (χ0) is 26.7. The average molecular weight is 511 g/mol. The maximum absolute atomic E-state index is 12.0. The Morgan fingerprint density at radius 2 is 1.86 bits per heavy atom. The van der Waals surface area contributed by atoms with Crippen molar-refractivity contribution in [1.29, 1.82) is 0 Å². The zero-order valence-corrected chi connectivity index (χ0v) is 23.1. The van der Waals surface area contributed by atoms with Gasteiger partial charge in [-0.05, 0) is 38.4 Å². The maximum Gasteiger partial charge on any atom is 0.407 e. The second-order valence-corrected chi connectivity index (χ2v) is 11.5. The number of amides is 1. The summed E-state index contributed by atoms with van der Waals surface area (Å²) in [5.41, 5.74) is 3.26. The molecule has 2 aliphatic rings. The molecule has 1 aromatic heterocycles. The second kappa shape index (κ2) is 11.2. The normalized spacial score (nSPS) is 20.7. The van der Waals surface area contributed by atoms with E-state index < -0.39 is 6.09 Å². The molecule has 2 atom stereocenters. The zero-order valence-electron chi connectivity index (χ0n) is 23.1. The number of benzene rings is 1. The highest BCUT2D eigenvalue weighted by atomic mass is 16.5. The van der Waals surface area contributed by atoms with Crippen LogP contribution in [0.15, 0.2) is 30.3 Å². The molecule has 202 valence electrons. The van der Waals surface area contributed by atoms with Gasteiger partial charge in [0, 0.05) is 44.8 Å². The number of fused-ring (bicyclic) bond motifs is 1. The predicted octanol–water partition coefficient (Wildman–Crippen LogP) is 3.75. The summed E-state index contributed by atoms with van der Waals surface area (Å²) in [6.07, 6.45) is -0.0127. The first-order valence-electron chi connectivity index (χ1n) is 13.3. The van der Waals surface area contributed by atoms with E-state index in [1.165, 1.54) is 5.56 Å². The van der Waals surface area contributed by atoms with Crippen LogP contribution in [0.1, 0.15) is 50.6 Å². The molecule has 2 unspecified atom stereocenters. The van der Waals surface area contributed by atoms with Gasteiger partial charge in [-0.15, -0.1) is 0 Å². The van der Waals surface area contributed by atoms with Crippen molar-refractivity contribution in [2.75, 3.05) is 58.3 Å². The monoisotopic (exact) mass is 510 g/mol. The molecule has 0 bridgehead atoms. The molecule has 2 aromatic rings. The van der Waals surface area contributed by atoms with Crippen molar-refractivity contribution in [3.05, 3.63) is 47.2 Å². The highest BCUT2D eigenvalue weighted by Crippen LogP contribution is 2.37. The van der Waals surface area contributed by atoms with Crippen LogP contribution < -0.4 is 9.64 Å². The Labute approximate surface area is 221 Å². The van der Waals surface area contributed by atoms with Gasteiger partial charge in [0.05, 0.1) is 17.8 Å². The highest BCUT2D eigenvalue weighted by Gasteiger charge is 2.40. The lowest BCUT2D eigenvalue weighted by molar-refractivity contribution is 0.0745. The largest absolute Gasteiger partial charge is 0.465 e. The molecule has 37 heavy (non-hydrogen) atoms. The van der Waals surface area contributed by atoms with Gasteiger partial charge in [-0.1, -0.05) is 51.1 Å². The lowest BCUT2D eigenvalue weighted by Gasteiger charge is -2.47. The first kappa shape index (κ1) is 27.1.